The van der Waals surface area contributed by atoms with Gasteiger partial charge in [0.2, 0.25) is 5.75 Å². The van der Waals surface area contributed by atoms with E-state index in [0.29, 0.717) is 0 Å². The average molecular weight is 223 g/mol. The van der Waals surface area contributed by atoms with Crippen molar-refractivity contribution in [2.75, 3.05) is 0 Å². The van der Waals surface area contributed by atoms with E-state index in [1.165, 1.54) is 6.07 Å². The number of amides is 1. The molecule has 2 rings (SSSR count). The van der Waals surface area contributed by atoms with Gasteiger partial charge in [-0.2, -0.15) is 0 Å². The number of carbonyl (C=O) groups excluding carboxylic acids is 1. The van der Waals surface area contributed by atoms with Gasteiger partial charge >= 0.3 is 5.82 Å². The number of rotatable bonds is 4. The topological polar surface area (TPSA) is 108 Å². The molecule has 1 aromatic rings. The van der Waals surface area contributed by atoms with E-state index >= 15 is 0 Å². The zero-order valence-corrected chi connectivity index (χ0v) is 8.25. The first-order valence-corrected chi connectivity index (χ1v) is 4.69. The van der Waals surface area contributed by atoms with Crippen molar-refractivity contribution in [2.24, 2.45) is 5.73 Å². The molecule has 1 aliphatic carbocycles. The second-order valence-corrected chi connectivity index (χ2v) is 3.48. The van der Waals surface area contributed by atoms with Crippen molar-refractivity contribution in [3.63, 3.8) is 0 Å². The molecule has 0 aromatic carbocycles. The van der Waals surface area contributed by atoms with Crippen molar-refractivity contribution in [1.29, 1.82) is 0 Å². The first-order valence-electron chi connectivity index (χ1n) is 4.69. The Kier molecular flexibility index (Phi) is 2.43. The van der Waals surface area contributed by atoms with Gasteiger partial charge < -0.3 is 20.6 Å². The molecule has 0 unspecified atom stereocenters. The zero-order valence-electron chi connectivity index (χ0n) is 8.25. The van der Waals surface area contributed by atoms with Crippen LogP contribution in [0.2, 0.25) is 0 Å². The summed E-state index contributed by atoms with van der Waals surface area (Å²) in [6.45, 7) is 0. The van der Waals surface area contributed by atoms with E-state index in [1.807, 2.05) is 0 Å². The number of primary amides is 1. The lowest BCUT2D eigenvalue weighted by Crippen LogP contribution is -2.12. The summed E-state index contributed by atoms with van der Waals surface area (Å²) in [7, 11) is 0. The number of nitrogens with zero attached hydrogens (tertiary/aromatic N) is 2. The predicted molar refractivity (Wildman–Crippen MR) is 53.1 cm³/mol. The van der Waals surface area contributed by atoms with Crippen molar-refractivity contribution in [3.05, 3.63) is 27.9 Å². The Balaban J connectivity index is 2.37. The van der Waals surface area contributed by atoms with Gasteiger partial charge in [-0.1, -0.05) is 0 Å². The van der Waals surface area contributed by atoms with Crippen molar-refractivity contribution in [3.8, 4) is 5.75 Å². The largest absolute Gasteiger partial charge is 0.482 e. The number of carbonyl (C=O) groups is 1. The first-order chi connectivity index (χ1) is 7.58. The molecule has 0 spiro atoms. The molecule has 84 valence electrons. The molecular formula is C9H9N3O4. The summed E-state index contributed by atoms with van der Waals surface area (Å²) < 4.78 is 5.30. The standard InChI is InChI=1S/C9H9N3O4/c10-8(13)5-3-7(16-6-1-2-6)9(11-4-5)12(14)15/h3-4,6H,1-2H2,(H2,10,13). The van der Waals surface area contributed by atoms with Gasteiger partial charge in [0.15, 0.2) is 6.20 Å². The van der Waals surface area contributed by atoms with Gasteiger partial charge in [0.05, 0.1) is 11.7 Å². The summed E-state index contributed by atoms with van der Waals surface area (Å²) in [6.07, 6.45) is 2.78. The van der Waals surface area contributed by atoms with Gasteiger partial charge in [-0.05, 0) is 22.7 Å². The van der Waals surface area contributed by atoms with Crippen LogP contribution in [0, 0.1) is 10.1 Å². The summed E-state index contributed by atoms with van der Waals surface area (Å²) in [5.74, 6) is -1.08. The lowest BCUT2D eigenvalue weighted by molar-refractivity contribution is -0.390. The number of nitrogens with two attached hydrogens (primary N) is 1. The van der Waals surface area contributed by atoms with Crippen molar-refractivity contribution in [1.82, 2.24) is 4.98 Å². The number of pyridine rings is 1. The maximum absolute atomic E-state index is 10.9. The Morgan fingerprint density at radius 2 is 2.31 bits per heavy atom. The van der Waals surface area contributed by atoms with Gasteiger partial charge in [0.1, 0.15) is 0 Å². The lowest BCUT2D eigenvalue weighted by atomic mass is 10.2. The van der Waals surface area contributed by atoms with E-state index in [9.17, 15) is 14.9 Å². The quantitative estimate of drug-likeness (QED) is 0.594. The van der Waals surface area contributed by atoms with Gasteiger partial charge in [-0.25, -0.2) is 0 Å². The van der Waals surface area contributed by atoms with Crippen LogP contribution in [0.25, 0.3) is 0 Å². The number of hydrogen-bond acceptors (Lipinski definition) is 5. The number of aromatic nitrogens is 1. The van der Waals surface area contributed by atoms with Crippen LogP contribution in [0.4, 0.5) is 5.82 Å². The predicted octanol–water partition coefficient (Wildman–Crippen LogP) is 0.630. The minimum absolute atomic E-state index is 0.00352. The number of nitro groups is 1. The van der Waals surface area contributed by atoms with Crippen LogP contribution >= 0.6 is 0 Å². The molecule has 2 N–H and O–H groups in total. The van der Waals surface area contributed by atoms with E-state index < -0.39 is 16.6 Å². The van der Waals surface area contributed by atoms with Crippen LogP contribution in [0.15, 0.2) is 12.3 Å². The van der Waals surface area contributed by atoms with Crippen molar-refractivity contribution >= 4 is 11.7 Å². The summed E-state index contributed by atoms with van der Waals surface area (Å²) >= 11 is 0. The van der Waals surface area contributed by atoms with E-state index in [4.69, 9.17) is 10.5 Å². The maximum atomic E-state index is 10.9. The van der Waals surface area contributed by atoms with Crippen LogP contribution < -0.4 is 10.5 Å². The smallest absolute Gasteiger partial charge is 0.406 e. The summed E-state index contributed by atoms with van der Waals surface area (Å²) in [5, 5.41) is 10.7. The molecule has 0 aliphatic heterocycles. The monoisotopic (exact) mass is 223 g/mol. The van der Waals surface area contributed by atoms with Crippen LogP contribution in [0.5, 0.6) is 5.75 Å². The highest BCUT2D eigenvalue weighted by Gasteiger charge is 2.28. The molecule has 1 heterocycles. The molecule has 1 saturated carbocycles. The van der Waals surface area contributed by atoms with Crippen LogP contribution in [-0.2, 0) is 0 Å². The fraction of sp³-hybridized carbons (Fsp3) is 0.333. The molecule has 16 heavy (non-hydrogen) atoms. The third-order valence-corrected chi connectivity index (χ3v) is 2.11. The summed E-state index contributed by atoms with van der Waals surface area (Å²) in [6, 6.07) is 1.26. The first kappa shape index (κ1) is 10.3. The molecule has 0 atom stereocenters. The molecule has 1 fully saturated rings. The van der Waals surface area contributed by atoms with E-state index in [-0.39, 0.29) is 17.4 Å². The third-order valence-electron chi connectivity index (χ3n) is 2.11. The minimum Gasteiger partial charge on any atom is -0.482 e. The molecular weight excluding hydrogens is 214 g/mol. The normalized spacial score (nSPS) is 14.5. The Bertz CT molecular complexity index is 456. The molecule has 7 nitrogen and oxygen atoms in total. The highest BCUT2D eigenvalue weighted by Crippen LogP contribution is 2.32. The molecule has 1 aliphatic rings. The van der Waals surface area contributed by atoms with Crippen LogP contribution in [-0.4, -0.2) is 21.9 Å². The Labute approximate surface area is 90.4 Å². The van der Waals surface area contributed by atoms with Crippen LogP contribution in [0.1, 0.15) is 23.2 Å². The fourth-order valence-electron chi connectivity index (χ4n) is 1.16. The van der Waals surface area contributed by atoms with Gasteiger partial charge in [0.25, 0.3) is 5.91 Å². The number of hydrogen-bond donors (Lipinski definition) is 1. The minimum atomic E-state index is -0.692. The molecule has 0 radical (unpaired) electrons. The molecule has 0 saturated heterocycles. The van der Waals surface area contributed by atoms with Gasteiger partial charge in [-0.3, -0.25) is 4.79 Å². The number of ether oxygens (including phenoxy) is 1. The van der Waals surface area contributed by atoms with E-state index in [1.54, 1.807) is 0 Å². The summed E-state index contributed by atoms with van der Waals surface area (Å²) in [5.41, 5.74) is 5.15. The van der Waals surface area contributed by atoms with E-state index in [2.05, 4.69) is 4.98 Å². The molecule has 7 heteroatoms. The van der Waals surface area contributed by atoms with Gasteiger partial charge in [0, 0.05) is 6.07 Å². The van der Waals surface area contributed by atoms with E-state index in [0.717, 1.165) is 19.0 Å². The lowest BCUT2D eigenvalue weighted by Gasteiger charge is -2.04. The Morgan fingerprint density at radius 1 is 1.62 bits per heavy atom. The molecule has 0 bridgehead atoms. The zero-order chi connectivity index (χ0) is 11.7. The summed E-state index contributed by atoms with van der Waals surface area (Å²) in [4.78, 5) is 24.4. The SMILES string of the molecule is NC(=O)c1cnc([N+](=O)[O-])c(OC2CC2)c1. The fourth-order valence-corrected chi connectivity index (χ4v) is 1.16. The Morgan fingerprint density at radius 3 is 2.81 bits per heavy atom. The average Bonchev–Trinajstić information content (AvgIpc) is 3.01. The van der Waals surface area contributed by atoms with Crippen molar-refractivity contribution in [2.45, 2.75) is 18.9 Å². The van der Waals surface area contributed by atoms with Crippen LogP contribution in [0.3, 0.4) is 0 Å². The second kappa shape index (κ2) is 3.76. The third kappa shape index (κ3) is 2.08. The molecule has 1 aromatic heterocycles. The highest BCUT2D eigenvalue weighted by atomic mass is 16.6. The maximum Gasteiger partial charge on any atom is 0.406 e. The van der Waals surface area contributed by atoms with Gasteiger partial charge in [-0.15, -0.1) is 0 Å². The Hall–Kier alpha value is -2.18. The van der Waals surface area contributed by atoms with Crippen molar-refractivity contribution < 1.29 is 14.5 Å². The highest BCUT2D eigenvalue weighted by molar-refractivity contribution is 5.93. The molecule has 1 amide bonds. The second-order valence-electron chi connectivity index (χ2n) is 3.48.